The van der Waals surface area contributed by atoms with Crippen molar-refractivity contribution < 1.29 is 70.9 Å². The molecule has 18 heteroatoms. The van der Waals surface area contributed by atoms with E-state index in [0.29, 0.717) is 0 Å². The predicted molar refractivity (Wildman–Crippen MR) is 103 cm³/mol. The fourth-order valence-corrected chi connectivity index (χ4v) is 3.19. The summed E-state index contributed by atoms with van der Waals surface area (Å²) in [5.41, 5.74) is -0.894. The fraction of sp³-hybridized carbons (Fsp3) is 0.143. The average molecular weight is 586 g/mol. The number of rotatable bonds is 4. The normalized spacial score (nSPS) is 12.6. The second kappa shape index (κ2) is 9.57. The standard InChI is InChI=1S/C21H8F14N2O2/c22-6-1-5(38-10-3-7(23)13(20(30,31)32)17(36)15(10)25)2-9(12(6)19(27,28)29)39-11-4-8(24)14(21(33,34)35)18(37)16(11)26/h1-4H,36-37H2. The first-order valence-corrected chi connectivity index (χ1v) is 9.60. The van der Waals surface area contributed by atoms with Gasteiger partial charge in [-0.05, 0) is 0 Å². The molecule has 0 saturated heterocycles. The van der Waals surface area contributed by atoms with Crippen molar-refractivity contribution in [3.63, 3.8) is 0 Å². The summed E-state index contributed by atoms with van der Waals surface area (Å²) in [6.45, 7) is 0. The zero-order chi connectivity index (χ0) is 29.8. The van der Waals surface area contributed by atoms with Crippen LogP contribution in [0.25, 0.3) is 0 Å². The van der Waals surface area contributed by atoms with Crippen molar-refractivity contribution in [2.75, 3.05) is 11.5 Å². The number of hydrogen-bond acceptors (Lipinski definition) is 4. The Kier molecular flexibility index (Phi) is 7.22. The number of nitrogens with two attached hydrogens (primary N) is 2. The lowest BCUT2D eigenvalue weighted by molar-refractivity contribution is -0.141. The third kappa shape index (κ3) is 5.68. The van der Waals surface area contributed by atoms with E-state index in [2.05, 4.69) is 9.47 Å². The number of ether oxygens (including phenoxy) is 2. The Balaban J connectivity index is 2.16. The van der Waals surface area contributed by atoms with Crippen LogP contribution in [0.4, 0.5) is 72.8 Å². The molecule has 3 rings (SSSR count). The molecule has 0 spiro atoms. The van der Waals surface area contributed by atoms with E-state index in [-0.39, 0.29) is 24.3 Å². The largest absolute Gasteiger partial charge is 0.454 e. The van der Waals surface area contributed by atoms with Crippen molar-refractivity contribution in [1.29, 1.82) is 0 Å². The van der Waals surface area contributed by atoms with E-state index in [1.54, 1.807) is 0 Å². The molecule has 3 aromatic rings. The molecule has 0 fully saturated rings. The van der Waals surface area contributed by atoms with Gasteiger partial charge in [0.1, 0.15) is 45.6 Å². The molecule has 0 radical (unpaired) electrons. The monoisotopic (exact) mass is 586 g/mol. The van der Waals surface area contributed by atoms with Gasteiger partial charge in [0.2, 0.25) is 0 Å². The molecular weight excluding hydrogens is 578 g/mol. The van der Waals surface area contributed by atoms with E-state index < -0.39 is 98.7 Å². The van der Waals surface area contributed by atoms with Gasteiger partial charge in [-0.3, -0.25) is 0 Å². The maximum absolute atomic E-state index is 14.4. The molecule has 39 heavy (non-hydrogen) atoms. The van der Waals surface area contributed by atoms with Crippen molar-refractivity contribution in [3.8, 4) is 23.0 Å². The van der Waals surface area contributed by atoms with Gasteiger partial charge in [-0.25, -0.2) is 22.0 Å². The van der Waals surface area contributed by atoms with Gasteiger partial charge in [-0.2, -0.15) is 39.5 Å². The number of halogens is 14. The van der Waals surface area contributed by atoms with Crippen LogP contribution in [0.15, 0.2) is 24.3 Å². The number of hydrogen-bond donors (Lipinski definition) is 2. The lowest BCUT2D eigenvalue weighted by Gasteiger charge is -2.19. The Morgan fingerprint density at radius 1 is 0.462 bits per heavy atom. The number of alkyl halides is 9. The molecule has 0 heterocycles. The van der Waals surface area contributed by atoms with Crippen LogP contribution in [0.1, 0.15) is 16.7 Å². The van der Waals surface area contributed by atoms with Gasteiger partial charge in [0.05, 0.1) is 11.4 Å². The summed E-state index contributed by atoms with van der Waals surface area (Å²) in [5, 5.41) is 0. The van der Waals surface area contributed by atoms with Crippen LogP contribution >= 0.6 is 0 Å². The van der Waals surface area contributed by atoms with Crippen LogP contribution < -0.4 is 20.9 Å². The molecule has 4 N–H and O–H groups in total. The second-order valence-corrected chi connectivity index (χ2v) is 7.39. The van der Waals surface area contributed by atoms with Crippen molar-refractivity contribution >= 4 is 11.4 Å². The minimum Gasteiger partial charge on any atom is -0.454 e. The van der Waals surface area contributed by atoms with Crippen LogP contribution in [-0.2, 0) is 18.5 Å². The summed E-state index contributed by atoms with van der Waals surface area (Å²) in [6, 6.07) is -0.691. The lowest BCUT2D eigenvalue weighted by atomic mass is 10.1. The number of benzene rings is 3. The van der Waals surface area contributed by atoms with Crippen LogP contribution in [0.3, 0.4) is 0 Å². The highest BCUT2D eigenvalue weighted by Crippen LogP contribution is 2.46. The van der Waals surface area contributed by atoms with Gasteiger partial charge in [-0.15, -0.1) is 0 Å². The molecule has 3 aromatic carbocycles. The molecule has 0 aliphatic carbocycles. The predicted octanol–water partition coefficient (Wildman–Crippen LogP) is 8.19. The van der Waals surface area contributed by atoms with Gasteiger partial charge in [0.15, 0.2) is 23.1 Å². The molecule has 0 aliphatic heterocycles. The van der Waals surface area contributed by atoms with E-state index in [0.717, 1.165) is 0 Å². The highest BCUT2D eigenvalue weighted by Gasteiger charge is 2.42. The highest BCUT2D eigenvalue weighted by molar-refractivity contribution is 5.58. The number of anilines is 2. The van der Waals surface area contributed by atoms with E-state index in [1.807, 2.05) is 0 Å². The van der Waals surface area contributed by atoms with Crippen LogP contribution in [-0.4, -0.2) is 0 Å². The van der Waals surface area contributed by atoms with Gasteiger partial charge < -0.3 is 20.9 Å². The van der Waals surface area contributed by atoms with Crippen LogP contribution in [0, 0.1) is 29.1 Å². The minimum absolute atomic E-state index is 0.0162. The van der Waals surface area contributed by atoms with E-state index in [4.69, 9.17) is 11.5 Å². The maximum atomic E-state index is 14.4. The summed E-state index contributed by atoms with van der Waals surface area (Å²) < 4.78 is 198. The van der Waals surface area contributed by atoms with Gasteiger partial charge in [-0.1, -0.05) is 0 Å². The SMILES string of the molecule is Nc1c(F)c(Oc2cc(F)c(C(F)(F)F)c(Oc3cc(F)c(C(F)(F)F)c(N)c3F)c2)cc(F)c1C(F)(F)F. The first-order chi connectivity index (χ1) is 17.6. The Hall–Kier alpha value is -4.12. The molecule has 0 amide bonds. The lowest BCUT2D eigenvalue weighted by Crippen LogP contribution is -2.15. The van der Waals surface area contributed by atoms with E-state index in [1.165, 1.54) is 0 Å². The Morgan fingerprint density at radius 2 is 0.821 bits per heavy atom. The summed E-state index contributed by atoms with van der Waals surface area (Å²) >= 11 is 0. The van der Waals surface area contributed by atoms with Crippen LogP contribution in [0.2, 0.25) is 0 Å². The summed E-state index contributed by atoms with van der Waals surface area (Å²) in [6.07, 6.45) is -16.7. The third-order valence-electron chi connectivity index (χ3n) is 4.76. The molecule has 0 aromatic heterocycles. The molecule has 0 saturated carbocycles. The molecule has 0 aliphatic rings. The zero-order valence-electron chi connectivity index (χ0n) is 18.1. The average Bonchev–Trinajstić information content (AvgIpc) is 2.72. The first-order valence-electron chi connectivity index (χ1n) is 9.60. The highest BCUT2D eigenvalue weighted by atomic mass is 19.4. The van der Waals surface area contributed by atoms with Gasteiger partial charge in [0.25, 0.3) is 0 Å². The van der Waals surface area contributed by atoms with Crippen molar-refractivity contribution in [1.82, 2.24) is 0 Å². The molecule has 4 nitrogen and oxygen atoms in total. The third-order valence-corrected chi connectivity index (χ3v) is 4.76. The molecule has 0 bridgehead atoms. The summed E-state index contributed by atoms with van der Waals surface area (Å²) in [7, 11) is 0. The Bertz CT molecular complexity index is 1450. The smallest absolute Gasteiger partial charge is 0.422 e. The molecule has 0 atom stereocenters. The molecular formula is C21H8F14N2O2. The van der Waals surface area contributed by atoms with Gasteiger partial charge >= 0.3 is 18.5 Å². The van der Waals surface area contributed by atoms with Crippen molar-refractivity contribution in [3.05, 3.63) is 70.0 Å². The molecule has 212 valence electrons. The van der Waals surface area contributed by atoms with E-state index >= 15 is 0 Å². The number of nitrogen functional groups attached to an aromatic ring is 2. The quantitative estimate of drug-likeness (QED) is 0.239. The zero-order valence-corrected chi connectivity index (χ0v) is 18.1. The first kappa shape index (κ1) is 29.4. The molecule has 0 unspecified atom stereocenters. The van der Waals surface area contributed by atoms with Crippen molar-refractivity contribution in [2.45, 2.75) is 18.5 Å². The second-order valence-electron chi connectivity index (χ2n) is 7.39. The summed E-state index contributed by atoms with van der Waals surface area (Å²) in [4.78, 5) is 0. The van der Waals surface area contributed by atoms with E-state index in [9.17, 15) is 61.5 Å². The topological polar surface area (TPSA) is 70.5 Å². The van der Waals surface area contributed by atoms with Gasteiger partial charge in [0, 0.05) is 24.3 Å². The van der Waals surface area contributed by atoms with Crippen molar-refractivity contribution in [2.24, 2.45) is 0 Å². The Morgan fingerprint density at radius 3 is 1.21 bits per heavy atom. The summed E-state index contributed by atoms with van der Waals surface area (Å²) in [5.74, 6) is -17.3. The fourth-order valence-electron chi connectivity index (χ4n) is 3.19. The minimum atomic E-state index is -5.67. The maximum Gasteiger partial charge on any atom is 0.422 e. The Labute approximate surface area is 206 Å². The van der Waals surface area contributed by atoms with Crippen LogP contribution in [0.5, 0.6) is 23.0 Å².